The third-order valence-electron chi connectivity index (χ3n) is 9.58. The molecule has 0 heterocycles. The van der Waals surface area contributed by atoms with Crippen LogP contribution in [0, 0.1) is 157 Å². The zero-order chi connectivity index (χ0) is 60.8. The lowest BCUT2D eigenvalue weighted by Gasteiger charge is -2.17. The Balaban J connectivity index is 0.000000295. The van der Waals surface area contributed by atoms with E-state index >= 15 is 0 Å². The van der Waals surface area contributed by atoms with Gasteiger partial charge in [-0.3, -0.25) is 0 Å². The van der Waals surface area contributed by atoms with Gasteiger partial charge in [-0.2, -0.15) is 64.1 Å². The summed E-state index contributed by atoms with van der Waals surface area (Å²) in [6.45, 7) is 6.66. The number of benzene rings is 6. The van der Waals surface area contributed by atoms with E-state index in [2.05, 4.69) is 23.8 Å². The van der Waals surface area contributed by atoms with Crippen LogP contribution in [-0.2, 0) is 0 Å². The number of carbonyl (C=O) groups is 4. The van der Waals surface area contributed by atoms with Gasteiger partial charge >= 0.3 is 23.9 Å². The molecule has 0 saturated heterocycles. The van der Waals surface area contributed by atoms with Gasteiger partial charge in [-0.1, -0.05) is 0 Å². The van der Waals surface area contributed by atoms with Crippen molar-refractivity contribution in [1.82, 2.24) is 0 Å². The third kappa shape index (κ3) is 9.74. The Labute approximate surface area is 422 Å². The summed E-state index contributed by atoms with van der Waals surface area (Å²) < 4.78 is 304. The highest BCUT2D eigenvalue weighted by Gasteiger charge is 2.40. The number of rotatable bonds is 12. The first kappa shape index (κ1) is 59.8. The van der Waals surface area contributed by atoms with Crippen molar-refractivity contribution in [3.05, 3.63) is 167 Å². The molecule has 0 aromatic heterocycles. The van der Waals surface area contributed by atoms with Crippen molar-refractivity contribution in [1.29, 1.82) is 15.8 Å². The van der Waals surface area contributed by atoms with Crippen molar-refractivity contribution in [3.63, 3.8) is 0 Å². The standard InChI is InChI=1S/C22F10N4O2.C22H4F10O10/c1-36-18-7(4-35)10(25)20(13(28)11(18)26)38-22-16(31)14(29)21(15(30)17(22)32)37-19-9(24)6(3-34)5(2-33)8(23)12(19)27;23-5-1(19(33)34)3(21(37)38)7(25)15(9(5)27)41-17-11(29)13(31)18(14(32)12(17)30)42-16-8(26)4(22(39)40)2(20(35)36)6(24)10(16)28/h;(H,33,34)(H,35,36)(H,37,38)(H,39,40). The van der Waals surface area contributed by atoms with Gasteiger partial charge in [-0.15, -0.1) is 0 Å². The minimum absolute atomic E-state index is 0.945. The number of carboxylic acid groups (broad SMARTS) is 4. The molecule has 36 heteroatoms. The lowest BCUT2D eigenvalue weighted by atomic mass is 10.0. The van der Waals surface area contributed by atoms with Gasteiger partial charge in [0.15, 0.2) is 52.4 Å². The molecule has 0 atom stereocenters. The first-order chi connectivity index (χ1) is 37.2. The van der Waals surface area contributed by atoms with Gasteiger partial charge in [0.25, 0.3) is 0 Å². The fourth-order valence-electron chi connectivity index (χ4n) is 6.07. The highest BCUT2D eigenvalue weighted by atomic mass is 19.2. The Morgan fingerprint density at radius 2 is 0.487 bits per heavy atom. The van der Waals surface area contributed by atoms with E-state index in [4.69, 9.17) is 42.8 Å². The molecule has 6 aromatic rings. The summed E-state index contributed by atoms with van der Waals surface area (Å²) in [5, 5.41) is 62.0. The quantitative estimate of drug-likeness (QED) is 0.0504. The zero-order valence-electron chi connectivity index (χ0n) is 36.4. The van der Waals surface area contributed by atoms with Crippen molar-refractivity contribution >= 4 is 29.6 Å². The lowest BCUT2D eigenvalue weighted by Crippen LogP contribution is -2.17. The number of halogens is 20. The molecule has 0 radical (unpaired) electrons. The highest BCUT2D eigenvalue weighted by molar-refractivity contribution is 6.03. The molecule has 412 valence electrons. The first-order valence-electron chi connectivity index (χ1n) is 19.0. The van der Waals surface area contributed by atoms with E-state index in [1.807, 2.05) is 0 Å². The van der Waals surface area contributed by atoms with Crippen molar-refractivity contribution in [2.75, 3.05) is 0 Å². The van der Waals surface area contributed by atoms with Gasteiger partial charge < -0.3 is 39.4 Å². The number of nitrogens with zero attached hydrogens (tertiary/aromatic N) is 4. The molecular formula is C44H4F20N4O12. The van der Waals surface area contributed by atoms with Crippen LogP contribution in [0.25, 0.3) is 4.85 Å². The second-order valence-electron chi connectivity index (χ2n) is 14.0. The predicted octanol–water partition coefficient (Wildman–Crippen LogP) is 12.3. The fraction of sp³-hybridized carbons (Fsp3) is 0. The summed E-state index contributed by atoms with van der Waals surface area (Å²) in [5.74, 6) is -81.5. The van der Waals surface area contributed by atoms with Crippen LogP contribution in [0.5, 0.6) is 46.0 Å². The SMILES string of the molecule is O=C(O)c1c(F)c(F)c(Oc2c(F)c(F)c(Oc3c(F)c(F)c(C(=O)O)c(C(=O)O)c3F)c(F)c2F)c(F)c1C(=O)O.[C-]#[N+]c1c(F)c(F)c(Oc2c(F)c(F)c(Oc3c(F)c(F)c(C#N)c(C#N)c3F)c(F)c2F)c(F)c1C#N. The summed E-state index contributed by atoms with van der Waals surface area (Å²) in [7, 11) is 0. The monoisotopic (exact) mass is 1160 g/mol. The van der Waals surface area contributed by atoms with Crippen LogP contribution in [0.1, 0.15) is 58.1 Å². The first-order valence-corrected chi connectivity index (χ1v) is 19.0. The predicted molar refractivity (Wildman–Crippen MR) is 206 cm³/mol. The van der Waals surface area contributed by atoms with Crippen molar-refractivity contribution in [3.8, 4) is 64.2 Å². The number of hydrogen-bond acceptors (Lipinski definition) is 11. The topological polar surface area (TPSA) is 262 Å². The zero-order valence-corrected chi connectivity index (χ0v) is 36.4. The van der Waals surface area contributed by atoms with Crippen molar-refractivity contribution < 1.29 is 146 Å². The maximum atomic E-state index is 14.6. The number of aromatic carboxylic acids is 4. The molecule has 6 rings (SSSR count). The van der Waals surface area contributed by atoms with Crippen molar-refractivity contribution in [2.45, 2.75) is 0 Å². The Bertz CT molecular complexity index is 3690. The number of hydrogen-bond donors (Lipinski definition) is 4. The number of ether oxygens (including phenoxy) is 4. The maximum absolute atomic E-state index is 14.6. The summed E-state index contributed by atoms with van der Waals surface area (Å²) in [6.07, 6.45) is 0. The Kier molecular flexibility index (Phi) is 16.7. The number of nitriles is 3. The molecule has 0 aliphatic heterocycles. The average Bonchev–Trinajstić information content (AvgIpc) is 3.40. The summed E-state index contributed by atoms with van der Waals surface area (Å²) in [4.78, 5) is 46.8. The normalized spacial score (nSPS) is 10.6. The van der Waals surface area contributed by atoms with Crippen molar-refractivity contribution in [2.24, 2.45) is 0 Å². The van der Waals surface area contributed by atoms with Crippen LogP contribution in [0.2, 0.25) is 0 Å². The smallest absolute Gasteiger partial charge is 0.339 e. The second kappa shape index (κ2) is 22.3. The molecule has 0 amide bonds. The maximum Gasteiger partial charge on any atom is 0.339 e. The van der Waals surface area contributed by atoms with Gasteiger partial charge in [0.2, 0.25) is 116 Å². The second-order valence-corrected chi connectivity index (χ2v) is 14.0. The molecule has 0 saturated carbocycles. The Morgan fingerprint density at radius 1 is 0.300 bits per heavy atom. The van der Waals surface area contributed by atoms with Gasteiger partial charge in [0.1, 0.15) is 51.1 Å². The molecule has 80 heavy (non-hydrogen) atoms. The molecule has 0 bridgehead atoms. The third-order valence-corrected chi connectivity index (χ3v) is 9.58. The Hall–Kier alpha value is -11.0. The number of carboxylic acids is 4. The molecule has 4 N–H and O–H groups in total. The molecule has 6 aromatic carbocycles. The van der Waals surface area contributed by atoms with Crippen LogP contribution in [0.3, 0.4) is 0 Å². The fourth-order valence-corrected chi connectivity index (χ4v) is 6.07. The van der Waals surface area contributed by atoms with Gasteiger partial charge in [-0.25, -0.2) is 63.5 Å². The minimum Gasteiger partial charge on any atom is -0.478 e. The molecule has 0 unspecified atom stereocenters. The lowest BCUT2D eigenvalue weighted by molar-refractivity contribution is 0.0640. The van der Waals surface area contributed by atoms with Gasteiger partial charge in [-0.05, 0) is 0 Å². The summed E-state index contributed by atoms with van der Waals surface area (Å²) in [6, 6.07) is 2.85. The molecular weight excluding hydrogens is 1160 g/mol. The molecule has 0 fully saturated rings. The van der Waals surface area contributed by atoms with E-state index in [1.54, 1.807) is 0 Å². The van der Waals surface area contributed by atoms with E-state index in [9.17, 15) is 107 Å². The van der Waals surface area contributed by atoms with Gasteiger partial charge in [0.05, 0.1) is 12.6 Å². The van der Waals surface area contributed by atoms with Crippen LogP contribution in [-0.4, -0.2) is 44.3 Å². The molecule has 0 aliphatic rings. The summed E-state index contributed by atoms with van der Waals surface area (Å²) >= 11 is 0. The van der Waals surface area contributed by atoms with E-state index in [0.29, 0.717) is 0 Å². The van der Waals surface area contributed by atoms with Crippen LogP contribution >= 0.6 is 0 Å². The highest BCUT2D eigenvalue weighted by Crippen LogP contribution is 2.46. The van der Waals surface area contributed by atoms with E-state index in [-0.39, 0.29) is 0 Å². The molecule has 0 spiro atoms. The average molecular weight is 1160 g/mol. The van der Waals surface area contributed by atoms with Crippen LogP contribution in [0.15, 0.2) is 0 Å². The van der Waals surface area contributed by atoms with E-state index in [0.717, 1.165) is 18.2 Å². The minimum atomic E-state index is -2.91. The van der Waals surface area contributed by atoms with Crippen LogP contribution in [0.4, 0.5) is 93.5 Å². The summed E-state index contributed by atoms with van der Waals surface area (Å²) in [5.41, 5.74) is -14.6. The van der Waals surface area contributed by atoms with E-state index < -0.39 is 231 Å². The van der Waals surface area contributed by atoms with Crippen LogP contribution < -0.4 is 18.9 Å². The van der Waals surface area contributed by atoms with Gasteiger partial charge in [0, 0.05) is 0 Å². The molecule has 16 nitrogen and oxygen atoms in total. The molecule has 0 aliphatic carbocycles. The Morgan fingerprint density at radius 3 is 0.738 bits per heavy atom. The van der Waals surface area contributed by atoms with E-state index in [1.165, 1.54) is 0 Å². The largest absolute Gasteiger partial charge is 0.478 e.